The van der Waals surface area contributed by atoms with Crippen LogP contribution >= 0.6 is 0 Å². The van der Waals surface area contributed by atoms with Gasteiger partial charge in [-0.2, -0.15) is 13.2 Å². The van der Waals surface area contributed by atoms with Gasteiger partial charge < -0.3 is 10.6 Å². The van der Waals surface area contributed by atoms with E-state index in [2.05, 4.69) is 4.98 Å². The summed E-state index contributed by atoms with van der Waals surface area (Å²) in [5.74, 6) is 0.306. The molecule has 0 aliphatic heterocycles. The predicted octanol–water partition coefficient (Wildman–Crippen LogP) is 2.27. The standard InChI is InChI=1S/C11H16F3N3/c1-8(2)17(6-4-15)10-7-9(3-5-16-10)11(12,13)14/h3,5,7-8H,4,6,15H2,1-2H3. The van der Waals surface area contributed by atoms with Crippen molar-refractivity contribution in [1.29, 1.82) is 0 Å². The van der Waals surface area contributed by atoms with Gasteiger partial charge in [0.25, 0.3) is 0 Å². The van der Waals surface area contributed by atoms with E-state index in [-0.39, 0.29) is 6.04 Å². The third-order valence-electron chi connectivity index (χ3n) is 2.36. The maximum absolute atomic E-state index is 12.5. The zero-order valence-corrected chi connectivity index (χ0v) is 9.83. The molecular weight excluding hydrogens is 231 g/mol. The van der Waals surface area contributed by atoms with Gasteiger partial charge in [-0.25, -0.2) is 4.98 Å². The van der Waals surface area contributed by atoms with Crippen molar-refractivity contribution < 1.29 is 13.2 Å². The van der Waals surface area contributed by atoms with E-state index in [1.807, 2.05) is 13.8 Å². The van der Waals surface area contributed by atoms with Crippen LogP contribution in [0, 0.1) is 0 Å². The van der Waals surface area contributed by atoms with Gasteiger partial charge in [-0.3, -0.25) is 0 Å². The minimum Gasteiger partial charge on any atom is -0.353 e. The average molecular weight is 247 g/mol. The van der Waals surface area contributed by atoms with E-state index in [4.69, 9.17) is 5.73 Å². The maximum Gasteiger partial charge on any atom is 0.416 e. The Morgan fingerprint density at radius 2 is 2.06 bits per heavy atom. The third-order valence-corrected chi connectivity index (χ3v) is 2.36. The number of anilines is 1. The number of nitrogens with two attached hydrogens (primary N) is 1. The highest BCUT2D eigenvalue weighted by Gasteiger charge is 2.31. The van der Waals surface area contributed by atoms with Crippen LogP contribution in [-0.4, -0.2) is 24.1 Å². The molecule has 0 saturated carbocycles. The lowest BCUT2D eigenvalue weighted by molar-refractivity contribution is -0.137. The minimum atomic E-state index is -4.34. The lowest BCUT2D eigenvalue weighted by atomic mass is 10.2. The van der Waals surface area contributed by atoms with Crippen LogP contribution in [0.5, 0.6) is 0 Å². The summed E-state index contributed by atoms with van der Waals surface area (Å²) >= 11 is 0. The Morgan fingerprint density at radius 1 is 1.41 bits per heavy atom. The van der Waals surface area contributed by atoms with Gasteiger partial charge in [-0.1, -0.05) is 0 Å². The highest BCUT2D eigenvalue weighted by atomic mass is 19.4. The molecule has 3 nitrogen and oxygen atoms in total. The van der Waals surface area contributed by atoms with Crippen LogP contribution in [0.15, 0.2) is 18.3 Å². The molecule has 0 amide bonds. The number of halogens is 3. The number of aromatic nitrogens is 1. The van der Waals surface area contributed by atoms with E-state index < -0.39 is 11.7 Å². The fourth-order valence-corrected chi connectivity index (χ4v) is 1.53. The Morgan fingerprint density at radius 3 is 2.53 bits per heavy atom. The first-order valence-corrected chi connectivity index (χ1v) is 5.36. The lowest BCUT2D eigenvalue weighted by Gasteiger charge is -2.27. The monoisotopic (exact) mass is 247 g/mol. The molecule has 0 spiro atoms. The summed E-state index contributed by atoms with van der Waals surface area (Å²) in [6.45, 7) is 4.62. The number of hydrogen-bond acceptors (Lipinski definition) is 3. The highest BCUT2D eigenvalue weighted by Crippen LogP contribution is 2.30. The van der Waals surface area contributed by atoms with Crippen molar-refractivity contribution in [2.45, 2.75) is 26.1 Å². The van der Waals surface area contributed by atoms with E-state index >= 15 is 0 Å². The van der Waals surface area contributed by atoms with E-state index in [0.717, 1.165) is 12.1 Å². The summed E-state index contributed by atoms with van der Waals surface area (Å²) < 4.78 is 37.6. The summed E-state index contributed by atoms with van der Waals surface area (Å²) in [5.41, 5.74) is 4.75. The highest BCUT2D eigenvalue weighted by molar-refractivity contribution is 5.42. The third kappa shape index (κ3) is 3.59. The normalized spacial score (nSPS) is 11.9. The molecule has 1 aromatic heterocycles. The molecule has 17 heavy (non-hydrogen) atoms. The van der Waals surface area contributed by atoms with Crippen molar-refractivity contribution in [2.24, 2.45) is 5.73 Å². The zero-order valence-electron chi connectivity index (χ0n) is 9.83. The predicted molar refractivity (Wildman–Crippen MR) is 60.8 cm³/mol. The van der Waals surface area contributed by atoms with Gasteiger partial charge >= 0.3 is 6.18 Å². The second-order valence-corrected chi connectivity index (χ2v) is 3.98. The first kappa shape index (κ1) is 13.8. The van der Waals surface area contributed by atoms with E-state index in [1.54, 1.807) is 4.90 Å². The smallest absolute Gasteiger partial charge is 0.353 e. The molecule has 1 aromatic rings. The van der Waals surface area contributed by atoms with E-state index in [0.29, 0.717) is 18.9 Å². The quantitative estimate of drug-likeness (QED) is 0.887. The van der Waals surface area contributed by atoms with Gasteiger partial charge in [-0.15, -0.1) is 0 Å². The fourth-order valence-electron chi connectivity index (χ4n) is 1.53. The Bertz CT molecular complexity index is 363. The van der Waals surface area contributed by atoms with Crippen LogP contribution in [0.1, 0.15) is 19.4 Å². The zero-order chi connectivity index (χ0) is 13.1. The molecule has 2 N–H and O–H groups in total. The molecule has 96 valence electrons. The largest absolute Gasteiger partial charge is 0.416 e. The Labute approximate surface area is 98.4 Å². The SMILES string of the molecule is CC(C)N(CCN)c1cc(C(F)(F)F)ccn1. The molecule has 0 saturated heterocycles. The van der Waals surface area contributed by atoms with Crippen molar-refractivity contribution in [3.8, 4) is 0 Å². The van der Waals surface area contributed by atoms with Gasteiger partial charge in [0.05, 0.1) is 5.56 Å². The Kier molecular flexibility index (Phi) is 4.34. The summed E-state index contributed by atoms with van der Waals surface area (Å²) in [6, 6.07) is 2.06. The summed E-state index contributed by atoms with van der Waals surface area (Å²) in [7, 11) is 0. The second kappa shape index (κ2) is 5.35. The lowest BCUT2D eigenvalue weighted by Crippen LogP contribution is -2.36. The van der Waals surface area contributed by atoms with Crippen LogP contribution in [0.2, 0.25) is 0 Å². The van der Waals surface area contributed by atoms with Gasteiger partial charge in [0, 0.05) is 25.3 Å². The van der Waals surface area contributed by atoms with Crippen LogP contribution in [0.25, 0.3) is 0 Å². The molecule has 0 unspecified atom stereocenters. The van der Waals surface area contributed by atoms with Crippen LogP contribution in [-0.2, 0) is 6.18 Å². The van der Waals surface area contributed by atoms with E-state index in [9.17, 15) is 13.2 Å². The first-order chi connectivity index (χ1) is 7.86. The first-order valence-electron chi connectivity index (χ1n) is 5.36. The van der Waals surface area contributed by atoms with Crippen LogP contribution in [0.4, 0.5) is 19.0 Å². The second-order valence-electron chi connectivity index (χ2n) is 3.98. The average Bonchev–Trinajstić information content (AvgIpc) is 2.24. The van der Waals surface area contributed by atoms with Gasteiger partial charge in [0.1, 0.15) is 5.82 Å². The molecule has 0 bridgehead atoms. The van der Waals surface area contributed by atoms with Crippen molar-refractivity contribution in [3.63, 3.8) is 0 Å². The van der Waals surface area contributed by atoms with Crippen molar-refractivity contribution in [3.05, 3.63) is 23.9 Å². The summed E-state index contributed by atoms with van der Waals surface area (Å²) in [6.07, 6.45) is -3.17. The molecule has 1 rings (SSSR count). The van der Waals surface area contributed by atoms with Crippen LogP contribution < -0.4 is 10.6 Å². The van der Waals surface area contributed by atoms with Gasteiger partial charge in [-0.05, 0) is 26.0 Å². The Balaban J connectivity index is 3.04. The number of rotatable bonds is 4. The molecule has 0 atom stereocenters. The molecule has 0 aliphatic rings. The number of hydrogen-bond donors (Lipinski definition) is 1. The van der Waals surface area contributed by atoms with Gasteiger partial charge in [0.2, 0.25) is 0 Å². The molecule has 0 radical (unpaired) electrons. The maximum atomic E-state index is 12.5. The van der Waals surface area contributed by atoms with Crippen LogP contribution in [0.3, 0.4) is 0 Å². The summed E-state index contributed by atoms with van der Waals surface area (Å²) in [4.78, 5) is 5.71. The van der Waals surface area contributed by atoms with Gasteiger partial charge in [0.15, 0.2) is 0 Å². The van der Waals surface area contributed by atoms with E-state index in [1.165, 1.54) is 6.20 Å². The molecule has 0 fully saturated rings. The number of pyridine rings is 1. The molecule has 0 aliphatic carbocycles. The van der Waals surface area contributed by atoms with Crippen molar-refractivity contribution >= 4 is 5.82 Å². The Hall–Kier alpha value is -1.30. The van der Waals surface area contributed by atoms with Crippen molar-refractivity contribution in [1.82, 2.24) is 4.98 Å². The summed E-state index contributed by atoms with van der Waals surface area (Å²) in [5, 5.41) is 0. The molecule has 1 heterocycles. The fraction of sp³-hybridized carbons (Fsp3) is 0.545. The number of alkyl halides is 3. The molecule has 0 aromatic carbocycles. The number of nitrogens with zero attached hydrogens (tertiary/aromatic N) is 2. The topological polar surface area (TPSA) is 42.1 Å². The molecular formula is C11H16F3N3. The van der Waals surface area contributed by atoms with Crippen molar-refractivity contribution in [2.75, 3.05) is 18.0 Å². The minimum absolute atomic E-state index is 0.0505. The molecule has 6 heteroatoms.